The van der Waals surface area contributed by atoms with Gasteiger partial charge in [0.25, 0.3) is 0 Å². The molecule has 3 rings (SSSR count). The van der Waals surface area contributed by atoms with Crippen molar-refractivity contribution in [1.82, 2.24) is 0 Å². The van der Waals surface area contributed by atoms with Crippen molar-refractivity contribution < 1.29 is 131 Å². The molecule has 0 N–H and O–H groups in total. The van der Waals surface area contributed by atoms with Crippen molar-refractivity contribution >= 4 is 7.32 Å². The van der Waals surface area contributed by atoms with Gasteiger partial charge < -0.3 is 14.7 Å². The SMILES string of the molecule is CC(OB([O-])[O-])(c1cc(C(F)(F)F)cc(C(F)(F)F)c1)C(c1cc(C(F)(F)F)ccc1C(F)(F)F)c1cc(C(F)(F)F)ccc1C(F)(F)F.[Li+].[Li+]. The van der Waals surface area contributed by atoms with E-state index >= 15 is 0 Å². The molecule has 0 amide bonds. The third-order valence-corrected chi connectivity index (χ3v) is 7.04. The predicted octanol–water partition coefficient (Wildman–Crippen LogP) is 2.58. The van der Waals surface area contributed by atoms with Gasteiger partial charge in [0.15, 0.2) is 0 Å². The van der Waals surface area contributed by atoms with E-state index in [9.17, 15) is 89.1 Å². The Kier molecular flexibility index (Phi) is 13.8. The molecule has 3 nitrogen and oxygen atoms in total. The zero-order valence-electron chi connectivity index (χ0n) is 25.4. The van der Waals surface area contributed by atoms with Gasteiger partial charge in [-0.2, -0.15) is 79.0 Å². The number of hydrogen-bond donors (Lipinski definition) is 0. The summed E-state index contributed by atoms with van der Waals surface area (Å²) in [4.78, 5) is 0. The smallest absolute Gasteiger partial charge is 0.871 e. The number of benzene rings is 3. The minimum Gasteiger partial charge on any atom is -0.871 e. The van der Waals surface area contributed by atoms with Gasteiger partial charge in [0.1, 0.15) is 0 Å². The van der Waals surface area contributed by atoms with E-state index in [4.69, 9.17) is 0 Å². The molecule has 0 saturated carbocycles. The summed E-state index contributed by atoms with van der Waals surface area (Å²) in [7, 11) is -4.06. The Hall–Kier alpha value is -2.46. The largest absolute Gasteiger partial charge is 1.00 e. The van der Waals surface area contributed by atoms with Crippen LogP contribution in [0.25, 0.3) is 0 Å². The summed E-state index contributed by atoms with van der Waals surface area (Å²) in [5.74, 6) is -3.65. The molecule has 51 heavy (non-hydrogen) atoms. The van der Waals surface area contributed by atoms with Gasteiger partial charge in [-0.1, -0.05) is 0 Å². The molecule has 1 atom stereocenters. The summed E-state index contributed by atoms with van der Waals surface area (Å²) in [6, 6.07) is -4.17. The van der Waals surface area contributed by atoms with Crippen LogP contribution in [0.15, 0.2) is 54.6 Å². The van der Waals surface area contributed by atoms with E-state index in [0.717, 1.165) is 0 Å². The van der Waals surface area contributed by atoms with Crippen LogP contribution in [0.1, 0.15) is 62.9 Å². The first-order valence-electron chi connectivity index (χ1n) is 12.6. The van der Waals surface area contributed by atoms with Gasteiger partial charge >= 0.3 is 74.8 Å². The third-order valence-electron chi connectivity index (χ3n) is 7.04. The average Bonchev–Trinajstić information content (AvgIpc) is 2.89. The molecule has 0 aliphatic heterocycles. The summed E-state index contributed by atoms with van der Waals surface area (Å²) in [6.45, 7) is -0.0308. The van der Waals surface area contributed by atoms with E-state index in [2.05, 4.69) is 4.65 Å². The first-order chi connectivity index (χ1) is 21.8. The number of rotatable bonds is 6. The van der Waals surface area contributed by atoms with Gasteiger partial charge in [0.05, 0.1) is 46.3 Å². The van der Waals surface area contributed by atoms with E-state index in [1.807, 2.05) is 0 Å². The monoisotopic (exact) mass is 752 g/mol. The van der Waals surface area contributed by atoms with E-state index in [0.29, 0.717) is 0 Å². The fourth-order valence-corrected chi connectivity index (χ4v) is 4.98. The molecule has 0 heterocycles. The van der Waals surface area contributed by atoms with Crippen LogP contribution >= 0.6 is 0 Å². The quantitative estimate of drug-likeness (QED) is 0.288. The third kappa shape index (κ3) is 10.6. The maximum atomic E-state index is 14.3. The van der Waals surface area contributed by atoms with Gasteiger partial charge in [-0.05, 0) is 78.2 Å². The maximum absolute atomic E-state index is 14.3. The van der Waals surface area contributed by atoms with Gasteiger partial charge in [-0.25, -0.2) is 0 Å². The average molecular weight is 752 g/mol. The molecule has 270 valence electrons. The molecule has 0 spiro atoms. The topological polar surface area (TPSA) is 55.3 Å². The van der Waals surface area contributed by atoms with Crippen LogP contribution in [0.4, 0.5) is 79.0 Å². The number of alkyl halides is 18. The molecule has 0 bridgehead atoms. The molecule has 0 aliphatic rings. The van der Waals surface area contributed by atoms with Gasteiger partial charge in [0.2, 0.25) is 0 Å². The Morgan fingerprint density at radius 1 is 0.451 bits per heavy atom. The van der Waals surface area contributed by atoms with Crippen molar-refractivity contribution in [2.24, 2.45) is 0 Å². The first-order valence-corrected chi connectivity index (χ1v) is 12.6. The van der Waals surface area contributed by atoms with Crippen molar-refractivity contribution in [3.05, 3.63) is 105 Å². The van der Waals surface area contributed by atoms with Crippen LogP contribution in [-0.2, 0) is 47.3 Å². The van der Waals surface area contributed by atoms with Crippen molar-refractivity contribution in [3.63, 3.8) is 0 Å². The molecule has 0 aliphatic carbocycles. The molecule has 0 radical (unpaired) electrons. The molecule has 0 fully saturated rings. The molecule has 1 unspecified atom stereocenters. The zero-order valence-corrected chi connectivity index (χ0v) is 25.4. The van der Waals surface area contributed by atoms with Gasteiger partial charge in [-0.3, -0.25) is 0 Å². The van der Waals surface area contributed by atoms with Crippen LogP contribution in [0, 0.1) is 0 Å². The van der Waals surface area contributed by atoms with E-state index in [1.165, 1.54) is 0 Å². The van der Waals surface area contributed by atoms with Crippen molar-refractivity contribution in [1.29, 1.82) is 0 Å². The Morgan fingerprint density at radius 2 is 0.745 bits per heavy atom. The summed E-state index contributed by atoms with van der Waals surface area (Å²) in [5, 5.41) is 23.7. The van der Waals surface area contributed by atoms with Gasteiger partial charge in [-0.15, -0.1) is 0 Å². The molecular formula is C27H13BF18Li2O3. The summed E-state index contributed by atoms with van der Waals surface area (Å²) >= 11 is 0. The van der Waals surface area contributed by atoms with Crippen LogP contribution < -0.4 is 47.8 Å². The molecule has 3 aromatic rings. The van der Waals surface area contributed by atoms with Crippen molar-refractivity contribution in [3.8, 4) is 0 Å². The van der Waals surface area contributed by atoms with Gasteiger partial charge in [0, 0.05) is 5.92 Å². The second-order valence-electron chi connectivity index (χ2n) is 10.3. The van der Waals surface area contributed by atoms with Crippen molar-refractivity contribution in [2.75, 3.05) is 0 Å². The number of halogens is 18. The molecular weight excluding hydrogens is 739 g/mol. The second kappa shape index (κ2) is 15.1. The Bertz CT molecular complexity index is 1570. The molecule has 0 saturated heterocycles. The Balaban J connectivity index is 0.00000650. The zero-order chi connectivity index (χ0) is 37.9. The van der Waals surface area contributed by atoms with Crippen molar-refractivity contribution in [2.45, 2.75) is 55.5 Å². The summed E-state index contributed by atoms with van der Waals surface area (Å²) in [6.07, 6.45) is -35.0. The first kappa shape index (κ1) is 46.6. The number of hydrogen-bond acceptors (Lipinski definition) is 3. The van der Waals surface area contributed by atoms with Crippen LogP contribution in [0.5, 0.6) is 0 Å². The fourth-order valence-electron chi connectivity index (χ4n) is 4.98. The standard InChI is InChI=1S/C27H13BF18O3.2Li/c1-21(49-28(47)48,13-6-14(24(35,36)37)8-15(7-13)25(38,39)40)20(16-9-11(22(29,30)31)2-4-18(16)26(41,42)43)17-10-12(23(32,33)34)3-5-19(17)27(44,45)46;;/h2-10,20H,1H3;;/q-2;2*+1. The molecule has 3 aromatic carbocycles. The Labute approximate surface area is 298 Å². The van der Waals surface area contributed by atoms with E-state index in [-0.39, 0.29) is 56.8 Å². The van der Waals surface area contributed by atoms with Crippen LogP contribution in [-0.4, -0.2) is 7.32 Å². The Morgan fingerprint density at radius 3 is 1.00 bits per heavy atom. The molecule has 0 aromatic heterocycles. The maximum Gasteiger partial charge on any atom is 1.00 e. The predicted molar refractivity (Wildman–Crippen MR) is 125 cm³/mol. The molecule has 24 heteroatoms. The van der Waals surface area contributed by atoms with Crippen LogP contribution in [0.2, 0.25) is 0 Å². The van der Waals surface area contributed by atoms with Crippen LogP contribution in [0.3, 0.4) is 0 Å². The minimum atomic E-state index is -5.96. The van der Waals surface area contributed by atoms with E-state index in [1.54, 1.807) is 0 Å². The van der Waals surface area contributed by atoms with E-state index < -0.39 is 148 Å². The second-order valence-corrected chi connectivity index (χ2v) is 10.3. The normalized spacial score (nSPS) is 14.5. The summed E-state index contributed by atoms with van der Waals surface area (Å²) in [5.41, 5.74) is -24.2. The minimum absolute atomic E-state index is 0. The summed E-state index contributed by atoms with van der Waals surface area (Å²) < 4.78 is 255. The fraction of sp³-hybridized carbons (Fsp3) is 0.333.